The molecule has 7 heteroatoms. The maximum atomic E-state index is 12.8. The number of benzene rings is 1. The molecule has 2 aromatic heterocycles. The molecule has 0 spiro atoms. The van der Waals surface area contributed by atoms with Gasteiger partial charge in [0, 0.05) is 6.54 Å². The van der Waals surface area contributed by atoms with E-state index in [2.05, 4.69) is 28.6 Å². The Labute approximate surface area is 163 Å². The molecule has 1 aliphatic heterocycles. The van der Waals surface area contributed by atoms with Gasteiger partial charge in [-0.15, -0.1) is 0 Å². The molecule has 0 bridgehead atoms. The third-order valence-electron chi connectivity index (χ3n) is 5.30. The number of aryl methyl sites for hydroxylation is 2. The van der Waals surface area contributed by atoms with Gasteiger partial charge in [-0.2, -0.15) is 5.10 Å². The summed E-state index contributed by atoms with van der Waals surface area (Å²) in [5.41, 5.74) is 3.18. The topological polar surface area (TPSA) is 82.1 Å². The van der Waals surface area contributed by atoms with Gasteiger partial charge in [0.1, 0.15) is 11.6 Å². The normalized spacial score (nSPS) is 16.0. The first-order chi connectivity index (χ1) is 13.5. The van der Waals surface area contributed by atoms with Crippen LogP contribution in [0.15, 0.2) is 45.8 Å². The summed E-state index contributed by atoms with van der Waals surface area (Å²) in [5.74, 6) is 0.706. The van der Waals surface area contributed by atoms with Gasteiger partial charge in [0.25, 0.3) is 0 Å². The molecule has 0 saturated heterocycles. The van der Waals surface area contributed by atoms with Crippen molar-refractivity contribution in [2.24, 2.45) is 0 Å². The maximum Gasteiger partial charge on any atom is 0.346 e. The fraction of sp³-hybridized carbons (Fsp3) is 0.381. The Morgan fingerprint density at radius 3 is 2.96 bits per heavy atom. The third kappa shape index (κ3) is 3.52. The number of hydrogen-bond acceptors (Lipinski definition) is 4. The van der Waals surface area contributed by atoms with Gasteiger partial charge in [-0.3, -0.25) is 9.36 Å². The second-order valence-corrected chi connectivity index (χ2v) is 7.37. The van der Waals surface area contributed by atoms with Crippen LogP contribution in [0.2, 0.25) is 0 Å². The van der Waals surface area contributed by atoms with Crippen LogP contribution in [0.5, 0.6) is 0 Å². The van der Waals surface area contributed by atoms with Crippen molar-refractivity contribution in [3.05, 3.63) is 75.4 Å². The summed E-state index contributed by atoms with van der Waals surface area (Å²) in [4.78, 5) is 25.6. The summed E-state index contributed by atoms with van der Waals surface area (Å²) in [6.07, 6.45) is 3.04. The molecule has 0 saturated carbocycles. The Hall–Kier alpha value is -3.09. The summed E-state index contributed by atoms with van der Waals surface area (Å²) < 4.78 is 8.39. The molecular formula is C21H24N4O3. The number of aromatic nitrogens is 3. The Bertz CT molecular complexity index is 1050. The van der Waals surface area contributed by atoms with E-state index < -0.39 is 5.92 Å². The molecule has 4 rings (SSSR count). The molecule has 28 heavy (non-hydrogen) atoms. The fourth-order valence-electron chi connectivity index (χ4n) is 3.70. The Morgan fingerprint density at radius 2 is 2.18 bits per heavy atom. The van der Waals surface area contributed by atoms with Crippen LogP contribution >= 0.6 is 0 Å². The number of furan rings is 1. The molecule has 3 heterocycles. The van der Waals surface area contributed by atoms with E-state index in [1.165, 1.54) is 4.68 Å². The highest BCUT2D eigenvalue weighted by atomic mass is 16.3. The molecule has 146 valence electrons. The Balaban J connectivity index is 1.57. The molecule has 3 aromatic rings. The zero-order valence-corrected chi connectivity index (χ0v) is 16.1. The molecule has 1 atom stereocenters. The highest BCUT2D eigenvalue weighted by molar-refractivity contribution is 5.82. The van der Waals surface area contributed by atoms with Crippen LogP contribution in [0, 0.1) is 13.8 Å². The minimum Gasteiger partial charge on any atom is -0.467 e. The molecular weight excluding hydrogens is 356 g/mol. The largest absolute Gasteiger partial charge is 0.467 e. The van der Waals surface area contributed by atoms with E-state index in [4.69, 9.17) is 4.42 Å². The van der Waals surface area contributed by atoms with Crippen molar-refractivity contribution in [3.8, 4) is 0 Å². The van der Waals surface area contributed by atoms with Crippen molar-refractivity contribution < 1.29 is 9.21 Å². The van der Waals surface area contributed by atoms with E-state index in [0.29, 0.717) is 37.6 Å². The van der Waals surface area contributed by atoms with E-state index in [1.807, 2.05) is 19.9 Å². The maximum absolute atomic E-state index is 12.8. The molecule has 0 radical (unpaired) electrons. The lowest BCUT2D eigenvalue weighted by Gasteiger charge is -2.20. The lowest BCUT2D eigenvalue weighted by molar-refractivity contribution is -0.123. The van der Waals surface area contributed by atoms with Crippen LogP contribution in [0.4, 0.5) is 0 Å². The second-order valence-electron chi connectivity index (χ2n) is 7.37. The number of hydrogen-bond donors (Lipinski definition) is 1. The second kappa shape index (κ2) is 7.50. The molecule has 1 aliphatic rings. The minimum atomic E-state index is -0.420. The number of amides is 1. The number of fused-ring (bicyclic) bond motifs is 1. The van der Waals surface area contributed by atoms with E-state index in [-0.39, 0.29) is 11.6 Å². The van der Waals surface area contributed by atoms with Crippen LogP contribution < -0.4 is 11.0 Å². The standard InChI is InChI=1S/C21H24N4O3/c1-14-7-8-15(2)16(11-14)13-25-21(27)24-9-3-6-18(19(24)23-25)20(26)22-12-17-5-4-10-28-17/h4-5,7-8,10-11,18H,3,6,9,12-13H2,1-2H3,(H,22,26). The lowest BCUT2D eigenvalue weighted by atomic mass is 9.98. The predicted octanol–water partition coefficient (Wildman–Crippen LogP) is 2.50. The van der Waals surface area contributed by atoms with Gasteiger partial charge in [0.15, 0.2) is 0 Å². The van der Waals surface area contributed by atoms with Crippen LogP contribution in [0.3, 0.4) is 0 Å². The summed E-state index contributed by atoms with van der Waals surface area (Å²) in [6.45, 7) is 5.40. The summed E-state index contributed by atoms with van der Waals surface area (Å²) in [6, 6.07) is 9.79. The van der Waals surface area contributed by atoms with Crippen LogP contribution in [-0.4, -0.2) is 20.3 Å². The van der Waals surface area contributed by atoms with Crippen molar-refractivity contribution in [2.45, 2.75) is 52.2 Å². The van der Waals surface area contributed by atoms with Gasteiger partial charge >= 0.3 is 5.69 Å². The zero-order chi connectivity index (χ0) is 19.7. The number of nitrogens with zero attached hydrogens (tertiary/aromatic N) is 3. The highest BCUT2D eigenvalue weighted by Crippen LogP contribution is 2.25. The average Bonchev–Trinajstić information content (AvgIpc) is 3.31. The molecule has 0 aliphatic carbocycles. The van der Waals surface area contributed by atoms with Gasteiger partial charge < -0.3 is 9.73 Å². The summed E-state index contributed by atoms with van der Waals surface area (Å²) >= 11 is 0. The van der Waals surface area contributed by atoms with Crippen molar-refractivity contribution >= 4 is 5.91 Å². The quantitative estimate of drug-likeness (QED) is 0.737. The van der Waals surface area contributed by atoms with Gasteiger partial charge in [-0.1, -0.05) is 23.8 Å². The van der Waals surface area contributed by atoms with Crippen molar-refractivity contribution in [1.29, 1.82) is 0 Å². The summed E-state index contributed by atoms with van der Waals surface area (Å²) in [7, 11) is 0. The van der Waals surface area contributed by atoms with E-state index in [1.54, 1.807) is 16.9 Å². The monoisotopic (exact) mass is 380 g/mol. The van der Waals surface area contributed by atoms with Crippen molar-refractivity contribution in [1.82, 2.24) is 19.7 Å². The number of carbonyl (C=O) groups is 1. The number of nitrogens with one attached hydrogen (secondary N) is 1. The van der Waals surface area contributed by atoms with E-state index in [9.17, 15) is 9.59 Å². The predicted molar refractivity (Wildman–Crippen MR) is 104 cm³/mol. The van der Waals surface area contributed by atoms with Gasteiger partial charge in [0.05, 0.1) is 25.3 Å². The minimum absolute atomic E-state index is 0.124. The van der Waals surface area contributed by atoms with Crippen molar-refractivity contribution in [2.75, 3.05) is 0 Å². The first-order valence-electron chi connectivity index (χ1n) is 9.56. The van der Waals surface area contributed by atoms with Crippen molar-refractivity contribution in [3.63, 3.8) is 0 Å². The highest BCUT2D eigenvalue weighted by Gasteiger charge is 2.31. The van der Waals surface area contributed by atoms with Crippen LogP contribution in [0.1, 0.15) is 47.0 Å². The molecule has 7 nitrogen and oxygen atoms in total. The summed E-state index contributed by atoms with van der Waals surface area (Å²) in [5, 5.41) is 7.44. The van der Waals surface area contributed by atoms with E-state index in [0.717, 1.165) is 23.1 Å². The molecule has 1 N–H and O–H groups in total. The Kier molecular flexibility index (Phi) is 4.90. The van der Waals surface area contributed by atoms with Crippen LogP contribution in [-0.2, 0) is 24.4 Å². The molecule has 0 fully saturated rings. The lowest BCUT2D eigenvalue weighted by Crippen LogP contribution is -2.35. The number of rotatable bonds is 5. The van der Waals surface area contributed by atoms with E-state index >= 15 is 0 Å². The molecule has 1 aromatic carbocycles. The third-order valence-corrected chi connectivity index (χ3v) is 5.30. The average molecular weight is 380 g/mol. The zero-order valence-electron chi connectivity index (χ0n) is 16.1. The first-order valence-corrected chi connectivity index (χ1v) is 9.56. The Morgan fingerprint density at radius 1 is 1.32 bits per heavy atom. The molecule has 1 amide bonds. The fourth-order valence-corrected chi connectivity index (χ4v) is 3.70. The molecule has 1 unspecified atom stereocenters. The van der Waals surface area contributed by atoms with Crippen LogP contribution in [0.25, 0.3) is 0 Å². The van der Waals surface area contributed by atoms with Gasteiger partial charge in [-0.25, -0.2) is 9.48 Å². The smallest absolute Gasteiger partial charge is 0.346 e. The number of carbonyl (C=O) groups excluding carboxylic acids is 1. The first kappa shape index (κ1) is 18.3. The van der Waals surface area contributed by atoms with Gasteiger partial charge in [-0.05, 0) is 49.9 Å². The SMILES string of the molecule is Cc1ccc(C)c(Cn2nc3n(c2=O)CCCC3C(=O)NCc2ccco2)c1. The van der Waals surface area contributed by atoms with Gasteiger partial charge in [0.2, 0.25) is 5.91 Å².